The van der Waals surface area contributed by atoms with E-state index in [1.165, 1.54) is 41.2 Å². The number of halogens is 1. The maximum Gasteiger partial charge on any atom is 0.267 e. The van der Waals surface area contributed by atoms with Crippen molar-refractivity contribution in [3.05, 3.63) is 89.2 Å². The van der Waals surface area contributed by atoms with E-state index >= 15 is 0 Å². The van der Waals surface area contributed by atoms with Gasteiger partial charge in [-0.3, -0.25) is 9.69 Å². The zero-order valence-electron chi connectivity index (χ0n) is 16.8. The summed E-state index contributed by atoms with van der Waals surface area (Å²) in [6, 6.07) is 19.5. The summed E-state index contributed by atoms with van der Waals surface area (Å²) < 4.78 is 19.7. The lowest BCUT2D eigenvalue weighted by molar-refractivity contribution is -0.120. The van der Waals surface area contributed by atoms with Crippen molar-refractivity contribution in [2.75, 3.05) is 11.5 Å². The van der Waals surface area contributed by atoms with Gasteiger partial charge < -0.3 is 4.74 Å². The largest absolute Gasteiger partial charge is 0.484 e. The molecule has 0 atom stereocenters. The number of ether oxygens (including phenoxy) is 1. The molecule has 0 fully saturated rings. The summed E-state index contributed by atoms with van der Waals surface area (Å²) in [5, 5.41) is 0.634. The summed E-state index contributed by atoms with van der Waals surface area (Å²) in [7, 11) is 0. The summed E-state index contributed by atoms with van der Waals surface area (Å²) in [6.07, 6.45) is 0. The van der Waals surface area contributed by atoms with Gasteiger partial charge in [0.05, 0.1) is 16.8 Å². The van der Waals surface area contributed by atoms with Gasteiger partial charge in [0.15, 0.2) is 11.7 Å². The van der Waals surface area contributed by atoms with Crippen molar-refractivity contribution in [1.29, 1.82) is 0 Å². The topological polar surface area (TPSA) is 42.4 Å². The fourth-order valence-electron chi connectivity index (χ4n) is 3.11. The first-order valence-corrected chi connectivity index (χ1v) is 10.4. The molecule has 1 heterocycles. The van der Waals surface area contributed by atoms with Crippen molar-refractivity contribution in [1.82, 2.24) is 4.98 Å². The van der Waals surface area contributed by atoms with E-state index in [0.29, 0.717) is 17.4 Å². The molecule has 0 aliphatic heterocycles. The number of benzene rings is 3. The molecule has 0 spiro atoms. The SMILES string of the molecule is Cc1ccc2sc(N(Cc3ccccc3)C(=O)COc3ccc(F)cc3)nc2c1C. The second-order valence-corrected chi connectivity index (χ2v) is 8.07. The second-order valence-electron chi connectivity index (χ2n) is 7.06. The number of carbonyl (C=O) groups is 1. The third-order valence-electron chi connectivity index (χ3n) is 4.96. The van der Waals surface area contributed by atoms with Crippen molar-refractivity contribution in [2.45, 2.75) is 20.4 Å². The van der Waals surface area contributed by atoms with Crippen LogP contribution in [0.2, 0.25) is 0 Å². The average Bonchev–Trinajstić information content (AvgIpc) is 3.19. The summed E-state index contributed by atoms with van der Waals surface area (Å²) in [5.74, 6) is -0.115. The van der Waals surface area contributed by atoms with Gasteiger partial charge in [-0.2, -0.15) is 0 Å². The van der Waals surface area contributed by atoms with Gasteiger partial charge in [-0.15, -0.1) is 0 Å². The number of thiazole rings is 1. The number of aryl methyl sites for hydroxylation is 2. The third kappa shape index (κ3) is 4.33. The van der Waals surface area contributed by atoms with Crippen molar-refractivity contribution in [3.8, 4) is 5.75 Å². The Bertz CT molecular complexity index is 1170. The molecule has 0 bridgehead atoms. The predicted molar refractivity (Wildman–Crippen MR) is 119 cm³/mol. The quantitative estimate of drug-likeness (QED) is 0.404. The van der Waals surface area contributed by atoms with Crippen LogP contribution in [0.25, 0.3) is 10.2 Å². The van der Waals surface area contributed by atoms with Crippen LogP contribution in [0.3, 0.4) is 0 Å². The Labute approximate surface area is 178 Å². The van der Waals surface area contributed by atoms with Gasteiger partial charge in [-0.1, -0.05) is 47.7 Å². The molecule has 4 rings (SSSR count). The van der Waals surface area contributed by atoms with Crippen LogP contribution in [0.5, 0.6) is 5.75 Å². The molecular weight excluding hydrogens is 399 g/mol. The van der Waals surface area contributed by atoms with E-state index in [-0.39, 0.29) is 18.3 Å². The van der Waals surface area contributed by atoms with E-state index < -0.39 is 0 Å². The molecule has 4 aromatic rings. The van der Waals surface area contributed by atoms with Crippen molar-refractivity contribution in [3.63, 3.8) is 0 Å². The minimum atomic E-state index is -0.348. The Hall–Kier alpha value is -3.25. The minimum Gasteiger partial charge on any atom is -0.484 e. The van der Waals surface area contributed by atoms with Gasteiger partial charge in [0.1, 0.15) is 11.6 Å². The van der Waals surface area contributed by atoms with E-state index in [1.807, 2.05) is 43.3 Å². The van der Waals surface area contributed by atoms with Crippen molar-refractivity contribution < 1.29 is 13.9 Å². The molecule has 1 amide bonds. The first-order valence-electron chi connectivity index (χ1n) is 9.60. The van der Waals surface area contributed by atoms with Gasteiger partial charge in [-0.05, 0) is 60.9 Å². The molecule has 0 saturated carbocycles. The van der Waals surface area contributed by atoms with Crippen LogP contribution < -0.4 is 9.64 Å². The molecule has 1 aromatic heterocycles. The maximum absolute atomic E-state index is 13.1. The standard InChI is InChI=1S/C24H21FN2O2S/c1-16-8-13-21-23(17(16)2)26-24(30-21)27(14-18-6-4-3-5-7-18)22(28)15-29-20-11-9-19(25)10-12-20/h3-13H,14-15H2,1-2H3. The van der Waals surface area contributed by atoms with E-state index in [2.05, 4.69) is 13.0 Å². The van der Waals surface area contributed by atoms with E-state index in [1.54, 1.807) is 4.90 Å². The molecule has 0 saturated heterocycles. The zero-order chi connectivity index (χ0) is 21.1. The molecule has 0 radical (unpaired) electrons. The van der Waals surface area contributed by atoms with Gasteiger partial charge >= 0.3 is 0 Å². The highest BCUT2D eigenvalue weighted by Crippen LogP contribution is 2.32. The first-order chi connectivity index (χ1) is 14.5. The van der Waals surface area contributed by atoms with Crippen LogP contribution in [0.1, 0.15) is 16.7 Å². The van der Waals surface area contributed by atoms with Gasteiger partial charge in [-0.25, -0.2) is 9.37 Å². The van der Waals surface area contributed by atoms with Crippen LogP contribution in [-0.4, -0.2) is 17.5 Å². The normalized spacial score (nSPS) is 10.9. The predicted octanol–water partition coefficient (Wildman–Crippen LogP) is 5.66. The Morgan fingerprint density at radius 2 is 1.77 bits per heavy atom. The van der Waals surface area contributed by atoms with Crippen LogP contribution >= 0.6 is 11.3 Å². The fourth-order valence-corrected chi connectivity index (χ4v) is 4.15. The number of nitrogens with zero attached hydrogens (tertiary/aromatic N) is 2. The molecule has 6 heteroatoms. The van der Waals surface area contributed by atoms with E-state index in [4.69, 9.17) is 9.72 Å². The fraction of sp³-hybridized carbons (Fsp3) is 0.167. The number of aromatic nitrogens is 1. The van der Waals surface area contributed by atoms with Crippen LogP contribution in [0.15, 0.2) is 66.7 Å². The molecule has 30 heavy (non-hydrogen) atoms. The highest BCUT2D eigenvalue weighted by atomic mass is 32.1. The average molecular weight is 421 g/mol. The van der Waals surface area contributed by atoms with Crippen molar-refractivity contribution >= 4 is 32.6 Å². The Morgan fingerprint density at radius 1 is 1.03 bits per heavy atom. The molecular formula is C24H21FN2O2S. The summed E-state index contributed by atoms with van der Waals surface area (Å²) in [4.78, 5) is 19.5. The van der Waals surface area contributed by atoms with Gasteiger partial charge in [0, 0.05) is 0 Å². The number of carbonyl (C=O) groups excluding carboxylic acids is 1. The summed E-state index contributed by atoms with van der Waals surface area (Å²) in [5.41, 5.74) is 4.20. The Kier molecular flexibility index (Phi) is 5.77. The number of anilines is 1. The Morgan fingerprint density at radius 3 is 2.50 bits per heavy atom. The van der Waals surface area contributed by atoms with Gasteiger partial charge in [0.25, 0.3) is 5.91 Å². The molecule has 0 aliphatic rings. The summed E-state index contributed by atoms with van der Waals surface area (Å²) in [6.45, 7) is 4.33. The number of fused-ring (bicyclic) bond motifs is 1. The minimum absolute atomic E-state index is 0.160. The molecule has 0 aliphatic carbocycles. The molecule has 3 aromatic carbocycles. The number of rotatable bonds is 6. The highest BCUT2D eigenvalue weighted by molar-refractivity contribution is 7.22. The lowest BCUT2D eigenvalue weighted by Gasteiger charge is -2.20. The number of hydrogen-bond donors (Lipinski definition) is 0. The zero-order valence-corrected chi connectivity index (χ0v) is 17.6. The van der Waals surface area contributed by atoms with Crippen LogP contribution in [0, 0.1) is 19.7 Å². The summed E-state index contributed by atoms with van der Waals surface area (Å²) >= 11 is 1.49. The molecule has 0 unspecified atom stereocenters. The molecule has 4 nitrogen and oxygen atoms in total. The smallest absolute Gasteiger partial charge is 0.267 e. The molecule has 152 valence electrons. The van der Waals surface area contributed by atoms with Crippen LogP contribution in [0.4, 0.5) is 9.52 Å². The van der Waals surface area contributed by atoms with E-state index in [9.17, 15) is 9.18 Å². The van der Waals surface area contributed by atoms with Gasteiger partial charge in [0.2, 0.25) is 0 Å². The van der Waals surface area contributed by atoms with Crippen LogP contribution in [-0.2, 0) is 11.3 Å². The number of hydrogen-bond acceptors (Lipinski definition) is 4. The van der Waals surface area contributed by atoms with E-state index in [0.717, 1.165) is 21.3 Å². The third-order valence-corrected chi connectivity index (χ3v) is 6.01. The Balaban J connectivity index is 1.63. The monoisotopic (exact) mass is 420 g/mol. The van der Waals surface area contributed by atoms with Crippen molar-refractivity contribution in [2.24, 2.45) is 0 Å². The lowest BCUT2D eigenvalue weighted by atomic mass is 10.1. The second kappa shape index (κ2) is 8.63. The lowest BCUT2D eigenvalue weighted by Crippen LogP contribution is -2.34. The number of amides is 1. The first kappa shape index (κ1) is 20.0. The highest BCUT2D eigenvalue weighted by Gasteiger charge is 2.21. The maximum atomic E-state index is 13.1. The molecule has 0 N–H and O–H groups in total.